The van der Waals surface area contributed by atoms with Crippen molar-refractivity contribution in [2.75, 3.05) is 32.2 Å². The molecule has 6 nitrogen and oxygen atoms in total. The summed E-state index contributed by atoms with van der Waals surface area (Å²) in [6.45, 7) is 2.09. The minimum atomic E-state index is -0.402. The number of hydrogen-bond donors (Lipinski definition) is 3. The van der Waals surface area contributed by atoms with Gasteiger partial charge in [0.2, 0.25) is 0 Å². The highest BCUT2D eigenvalue weighted by atomic mass is 16.5. The van der Waals surface area contributed by atoms with Crippen LogP contribution in [0.25, 0.3) is 0 Å². The summed E-state index contributed by atoms with van der Waals surface area (Å²) in [7, 11) is 1.64. The van der Waals surface area contributed by atoms with Crippen molar-refractivity contribution in [3.63, 3.8) is 0 Å². The standard InChI is InChI=1S/C14H21N3O3/c1-19-14(6-7-20-10-14)9-16-13(18)17-12-4-2-11(8-15)3-5-12/h2-5H,6-10,15H2,1H3,(H2,16,17,18). The van der Waals surface area contributed by atoms with Gasteiger partial charge in [-0.1, -0.05) is 12.1 Å². The fourth-order valence-corrected chi connectivity index (χ4v) is 2.10. The van der Waals surface area contributed by atoms with Crippen LogP contribution in [0.2, 0.25) is 0 Å². The first kappa shape index (κ1) is 14.8. The predicted octanol–water partition coefficient (Wildman–Crippen LogP) is 1.07. The average Bonchev–Trinajstić information content (AvgIpc) is 2.95. The van der Waals surface area contributed by atoms with Crippen LogP contribution in [0.4, 0.5) is 10.5 Å². The third-order valence-electron chi connectivity index (χ3n) is 3.52. The molecule has 2 amide bonds. The summed E-state index contributed by atoms with van der Waals surface area (Å²) in [6.07, 6.45) is 0.787. The molecule has 1 saturated heterocycles. The van der Waals surface area contributed by atoms with Crippen LogP contribution in [0, 0.1) is 0 Å². The number of nitrogens with one attached hydrogen (secondary N) is 2. The van der Waals surface area contributed by atoms with Crippen LogP contribution >= 0.6 is 0 Å². The third-order valence-corrected chi connectivity index (χ3v) is 3.52. The van der Waals surface area contributed by atoms with Gasteiger partial charge in [-0.15, -0.1) is 0 Å². The zero-order valence-electron chi connectivity index (χ0n) is 11.6. The summed E-state index contributed by atoms with van der Waals surface area (Å²) >= 11 is 0. The van der Waals surface area contributed by atoms with Crippen molar-refractivity contribution < 1.29 is 14.3 Å². The van der Waals surface area contributed by atoms with Gasteiger partial charge in [0.05, 0.1) is 13.2 Å². The molecule has 1 aliphatic heterocycles. The number of urea groups is 1. The Hall–Kier alpha value is -1.63. The molecule has 0 radical (unpaired) electrons. The Morgan fingerprint density at radius 2 is 2.20 bits per heavy atom. The Labute approximate surface area is 118 Å². The number of hydrogen-bond acceptors (Lipinski definition) is 4. The Morgan fingerprint density at radius 1 is 1.45 bits per heavy atom. The molecule has 20 heavy (non-hydrogen) atoms. The van der Waals surface area contributed by atoms with E-state index in [1.165, 1.54) is 0 Å². The molecule has 0 saturated carbocycles. The smallest absolute Gasteiger partial charge is 0.319 e. The maximum Gasteiger partial charge on any atom is 0.319 e. The zero-order chi connectivity index (χ0) is 14.4. The quantitative estimate of drug-likeness (QED) is 0.752. The lowest BCUT2D eigenvalue weighted by molar-refractivity contribution is -0.0135. The molecule has 0 spiro atoms. The molecule has 0 bridgehead atoms. The van der Waals surface area contributed by atoms with Crippen LogP contribution in [0.15, 0.2) is 24.3 Å². The largest absolute Gasteiger partial charge is 0.378 e. The normalized spacial score (nSPS) is 21.7. The number of anilines is 1. The average molecular weight is 279 g/mol. The molecular weight excluding hydrogens is 258 g/mol. The predicted molar refractivity (Wildman–Crippen MR) is 76.5 cm³/mol. The fraction of sp³-hybridized carbons (Fsp3) is 0.500. The topological polar surface area (TPSA) is 85.6 Å². The van der Waals surface area contributed by atoms with Crippen LogP contribution in [0.5, 0.6) is 0 Å². The van der Waals surface area contributed by atoms with Crippen molar-refractivity contribution in [3.8, 4) is 0 Å². The molecule has 0 aliphatic carbocycles. The lowest BCUT2D eigenvalue weighted by Crippen LogP contribution is -2.46. The van der Waals surface area contributed by atoms with E-state index in [-0.39, 0.29) is 6.03 Å². The van der Waals surface area contributed by atoms with Crippen molar-refractivity contribution in [1.29, 1.82) is 0 Å². The fourth-order valence-electron chi connectivity index (χ4n) is 2.10. The molecule has 1 heterocycles. The van der Waals surface area contributed by atoms with Gasteiger partial charge in [0, 0.05) is 32.4 Å². The monoisotopic (exact) mass is 279 g/mol. The SMILES string of the molecule is COC1(CNC(=O)Nc2ccc(CN)cc2)CCOC1. The van der Waals surface area contributed by atoms with Crippen molar-refractivity contribution in [2.45, 2.75) is 18.6 Å². The molecule has 2 rings (SSSR count). The molecule has 1 aliphatic rings. The van der Waals surface area contributed by atoms with E-state index in [0.717, 1.165) is 17.7 Å². The van der Waals surface area contributed by atoms with E-state index in [9.17, 15) is 4.79 Å². The molecule has 110 valence electrons. The summed E-state index contributed by atoms with van der Waals surface area (Å²) < 4.78 is 10.8. The van der Waals surface area contributed by atoms with Gasteiger partial charge in [0.25, 0.3) is 0 Å². The van der Waals surface area contributed by atoms with Gasteiger partial charge >= 0.3 is 6.03 Å². The molecule has 1 atom stereocenters. The van der Waals surface area contributed by atoms with Gasteiger partial charge in [0.1, 0.15) is 5.60 Å². The summed E-state index contributed by atoms with van der Waals surface area (Å²) in [5.74, 6) is 0. The number of ether oxygens (including phenoxy) is 2. The van der Waals surface area contributed by atoms with Gasteiger partial charge in [-0.25, -0.2) is 4.79 Å². The number of rotatable bonds is 5. The second-order valence-electron chi connectivity index (χ2n) is 4.90. The number of methoxy groups -OCH3 is 1. The summed E-state index contributed by atoms with van der Waals surface area (Å²) in [5, 5.41) is 5.58. The van der Waals surface area contributed by atoms with Crippen molar-refractivity contribution >= 4 is 11.7 Å². The van der Waals surface area contributed by atoms with E-state index in [1.807, 2.05) is 24.3 Å². The van der Waals surface area contributed by atoms with E-state index < -0.39 is 5.60 Å². The highest BCUT2D eigenvalue weighted by molar-refractivity contribution is 5.89. The van der Waals surface area contributed by atoms with E-state index in [2.05, 4.69) is 10.6 Å². The van der Waals surface area contributed by atoms with Crippen LogP contribution in [0.1, 0.15) is 12.0 Å². The number of amides is 2. The minimum Gasteiger partial charge on any atom is -0.378 e. The van der Waals surface area contributed by atoms with Gasteiger partial charge in [0.15, 0.2) is 0 Å². The van der Waals surface area contributed by atoms with E-state index >= 15 is 0 Å². The molecule has 1 fully saturated rings. The summed E-state index contributed by atoms with van der Waals surface area (Å²) in [5.41, 5.74) is 6.88. The summed E-state index contributed by atoms with van der Waals surface area (Å²) in [4.78, 5) is 11.8. The van der Waals surface area contributed by atoms with E-state index in [4.69, 9.17) is 15.2 Å². The van der Waals surface area contributed by atoms with Crippen molar-refractivity contribution in [3.05, 3.63) is 29.8 Å². The molecular formula is C14H21N3O3. The number of benzene rings is 1. The highest BCUT2D eigenvalue weighted by Crippen LogP contribution is 2.21. The van der Waals surface area contributed by atoms with Gasteiger partial charge < -0.3 is 25.8 Å². The molecule has 1 aromatic carbocycles. The lowest BCUT2D eigenvalue weighted by atomic mass is 10.0. The summed E-state index contributed by atoms with van der Waals surface area (Å²) in [6, 6.07) is 7.17. The molecule has 4 N–H and O–H groups in total. The Kier molecular flexibility index (Phi) is 4.94. The van der Waals surface area contributed by atoms with Crippen LogP contribution < -0.4 is 16.4 Å². The van der Waals surface area contributed by atoms with E-state index in [0.29, 0.717) is 26.3 Å². The maximum atomic E-state index is 11.8. The first-order valence-electron chi connectivity index (χ1n) is 6.64. The second kappa shape index (κ2) is 6.69. The molecule has 6 heteroatoms. The highest BCUT2D eigenvalue weighted by Gasteiger charge is 2.35. The Bertz CT molecular complexity index is 441. The van der Waals surface area contributed by atoms with Crippen molar-refractivity contribution in [1.82, 2.24) is 5.32 Å². The molecule has 1 unspecified atom stereocenters. The van der Waals surface area contributed by atoms with Gasteiger partial charge in [-0.2, -0.15) is 0 Å². The van der Waals surface area contributed by atoms with E-state index in [1.54, 1.807) is 7.11 Å². The zero-order valence-corrected chi connectivity index (χ0v) is 11.6. The second-order valence-corrected chi connectivity index (χ2v) is 4.90. The Balaban J connectivity index is 1.82. The molecule has 0 aromatic heterocycles. The minimum absolute atomic E-state index is 0.256. The number of carbonyl (C=O) groups excluding carboxylic acids is 1. The lowest BCUT2D eigenvalue weighted by Gasteiger charge is -2.25. The maximum absolute atomic E-state index is 11.8. The van der Waals surface area contributed by atoms with Crippen LogP contribution in [-0.2, 0) is 16.0 Å². The van der Waals surface area contributed by atoms with Crippen molar-refractivity contribution in [2.24, 2.45) is 5.73 Å². The van der Waals surface area contributed by atoms with Crippen LogP contribution in [-0.4, -0.2) is 38.5 Å². The Morgan fingerprint density at radius 3 is 2.75 bits per heavy atom. The first-order valence-corrected chi connectivity index (χ1v) is 6.64. The van der Waals surface area contributed by atoms with Gasteiger partial charge in [-0.05, 0) is 17.7 Å². The number of carbonyl (C=O) groups is 1. The number of nitrogens with two attached hydrogens (primary N) is 1. The van der Waals surface area contributed by atoms with Crippen LogP contribution in [0.3, 0.4) is 0 Å². The van der Waals surface area contributed by atoms with Gasteiger partial charge in [-0.3, -0.25) is 0 Å². The first-order chi connectivity index (χ1) is 9.67. The third kappa shape index (κ3) is 3.69. The molecule has 1 aromatic rings.